The maximum Gasteiger partial charge on any atom is 0.254 e. The van der Waals surface area contributed by atoms with E-state index in [9.17, 15) is 4.79 Å². The van der Waals surface area contributed by atoms with Crippen molar-refractivity contribution in [3.8, 4) is 17.2 Å². The van der Waals surface area contributed by atoms with E-state index in [0.29, 0.717) is 42.4 Å². The first-order valence-corrected chi connectivity index (χ1v) is 6.92. The van der Waals surface area contributed by atoms with Crippen LogP contribution in [-0.4, -0.2) is 51.8 Å². The molecule has 1 aromatic carbocycles. The van der Waals surface area contributed by atoms with Crippen LogP contribution in [0.1, 0.15) is 23.7 Å². The molecular weight excluding hydrogens is 272 g/mol. The summed E-state index contributed by atoms with van der Waals surface area (Å²) >= 11 is 0. The van der Waals surface area contributed by atoms with Gasteiger partial charge in [-0.2, -0.15) is 0 Å². The van der Waals surface area contributed by atoms with Gasteiger partial charge in [0.15, 0.2) is 11.5 Å². The summed E-state index contributed by atoms with van der Waals surface area (Å²) in [6.07, 6.45) is 0.871. The molecule has 1 rings (SSSR count). The highest BCUT2D eigenvalue weighted by molar-refractivity contribution is 5.95. The van der Waals surface area contributed by atoms with Crippen molar-refractivity contribution in [2.24, 2.45) is 5.73 Å². The molecule has 21 heavy (non-hydrogen) atoms. The van der Waals surface area contributed by atoms with Crippen LogP contribution < -0.4 is 19.9 Å². The second-order valence-corrected chi connectivity index (χ2v) is 4.49. The number of amides is 1. The third kappa shape index (κ3) is 4.01. The Bertz CT molecular complexity index is 446. The fraction of sp³-hybridized carbons (Fsp3) is 0.533. The van der Waals surface area contributed by atoms with Crippen LogP contribution in [0.25, 0.3) is 0 Å². The van der Waals surface area contributed by atoms with Crippen molar-refractivity contribution in [2.45, 2.75) is 13.3 Å². The lowest BCUT2D eigenvalue weighted by molar-refractivity contribution is 0.0759. The van der Waals surface area contributed by atoms with Gasteiger partial charge in [-0.1, -0.05) is 6.92 Å². The predicted octanol–water partition coefficient (Wildman–Crippen LogP) is 1.52. The summed E-state index contributed by atoms with van der Waals surface area (Å²) in [6, 6.07) is 3.31. The van der Waals surface area contributed by atoms with Gasteiger partial charge in [-0.05, 0) is 18.6 Å². The molecule has 0 aliphatic rings. The van der Waals surface area contributed by atoms with E-state index in [-0.39, 0.29) is 5.91 Å². The Morgan fingerprint density at radius 2 is 1.67 bits per heavy atom. The molecule has 0 aromatic heterocycles. The second kappa shape index (κ2) is 8.36. The van der Waals surface area contributed by atoms with Crippen molar-refractivity contribution in [1.29, 1.82) is 0 Å². The summed E-state index contributed by atoms with van der Waals surface area (Å²) < 4.78 is 15.8. The zero-order chi connectivity index (χ0) is 15.8. The maximum atomic E-state index is 12.6. The second-order valence-electron chi connectivity index (χ2n) is 4.49. The largest absolute Gasteiger partial charge is 0.493 e. The summed E-state index contributed by atoms with van der Waals surface area (Å²) in [4.78, 5) is 14.3. The highest BCUT2D eigenvalue weighted by Gasteiger charge is 2.20. The molecule has 0 atom stereocenters. The summed E-state index contributed by atoms with van der Waals surface area (Å²) in [7, 11) is 4.57. The molecule has 0 spiro atoms. The van der Waals surface area contributed by atoms with E-state index in [1.165, 1.54) is 21.3 Å². The van der Waals surface area contributed by atoms with E-state index in [2.05, 4.69) is 0 Å². The molecule has 118 valence electrons. The number of hydrogen-bond acceptors (Lipinski definition) is 5. The van der Waals surface area contributed by atoms with E-state index in [1.807, 2.05) is 6.92 Å². The van der Waals surface area contributed by atoms with Gasteiger partial charge in [0.25, 0.3) is 5.91 Å². The number of nitrogens with zero attached hydrogens (tertiary/aromatic N) is 1. The zero-order valence-corrected chi connectivity index (χ0v) is 13.1. The minimum atomic E-state index is -0.0958. The Morgan fingerprint density at radius 3 is 2.05 bits per heavy atom. The van der Waals surface area contributed by atoms with Crippen molar-refractivity contribution < 1.29 is 19.0 Å². The normalized spacial score (nSPS) is 10.1. The lowest BCUT2D eigenvalue weighted by Crippen LogP contribution is -2.36. The predicted molar refractivity (Wildman–Crippen MR) is 81.3 cm³/mol. The van der Waals surface area contributed by atoms with Crippen molar-refractivity contribution in [1.82, 2.24) is 4.90 Å². The van der Waals surface area contributed by atoms with Crippen LogP contribution in [0.4, 0.5) is 0 Å². The number of nitrogens with two attached hydrogens (primary N) is 1. The molecular formula is C15H24N2O4. The smallest absolute Gasteiger partial charge is 0.254 e. The summed E-state index contributed by atoms with van der Waals surface area (Å²) in [5.41, 5.74) is 6.06. The Labute approximate surface area is 125 Å². The first-order valence-electron chi connectivity index (χ1n) is 6.92. The molecule has 1 amide bonds. The molecule has 0 saturated carbocycles. The fourth-order valence-electron chi connectivity index (χ4n) is 2.13. The molecule has 0 fully saturated rings. The molecule has 6 heteroatoms. The summed E-state index contributed by atoms with van der Waals surface area (Å²) in [6.45, 7) is 3.62. The number of methoxy groups -OCH3 is 3. The first-order chi connectivity index (χ1) is 10.1. The molecule has 0 bridgehead atoms. The van der Waals surface area contributed by atoms with Crippen LogP contribution in [0, 0.1) is 0 Å². The topological polar surface area (TPSA) is 74.0 Å². The molecule has 0 heterocycles. The van der Waals surface area contributed by atoms with Gasteiger partial charge < -0.3 is 24.8 Å². The number of carbonyl (C=O) groups is 1. The van der Waals surface area contributed by atoms with Gasteiger partial charge in [-0.25, -0.2) is 0 Å². The van der Waals surface area contributed by atoms with E-state index in [0.717, 1.165) is 6.42 Å². The molecule has 1 aromatic rings. The number of ether oxygens (including phenoxy) is 3. The zero-order valence-electron chi connectivity index (χ0n) is 13.1. The molecule has 0 saturated heterocycles. The molecule has 0 radical (unpaired) electrons. The highest BCUT2D eigenvalue weighted by atomic mass is 16.5. The number of rotatable bonds is 8. The third-order valence-corrected chi connectivity index (χ3v) is 3.09. The van der Waals surface area contributed by atoms with Crippen LogP contribution in [-0.2, 0) is 0 Å². The maximum absolute atomic E-state index is 12.6. The van der Waals surface area contributed by atoms with Gasteiger partial charge in [-0.3, -0.25) is 4.79 Å². The molecule has 0 unspecified atom stereocenters. The SMILES string of the molecule is CCCN(CCN)C(=O)c1cc(OC)c(OC)c(OC)c1. The minimum absolute atomic E-state index is 0.0958. The Morgan fingerprint density at radius 1 is 1.10 bits per heavy atom. The Kier molecular flexibility index (Phi) is 6.81. The quantitative estimate of drug-likeness (QED) is 0.787. The molecule has 0 aliphatic carbocycles. The van der Waals surface area contributed by atoms with Gasteiger partial charge in [0.2, 0.25) is 5.75 Å². The van der Waals surface area contributed by atoms with Gasteiger partial charge in [-0.15, -0.1) is 0 Å². The standard InChI is InChI=1S/C15H24N2O4/c1-5-7-17(8-6-16)15(18)11-9-12(19-2)14(21-4)13(10-11)20-3/h9-10H,5-8,16H2,1-4H3. The van der Waals surface area contributed by atoms with E-state index < -0.39 is 0 Å². The van der Waals surface area contributed by atoms with Crippen LogP contribution >= 0.6 is 0 Å². The Balaban J connectivity index is 3.19. The highest BCUT2D eigenvalue weighted by Crippen LogP contribution is 2.38. The number of carbonyl (C=O) groups excluding carboxylic acids is 1. The summed E-state index contributed by atoms with van der Waals surface area (Å²) in [5.74, 6) is 1.30. The fourth-order valence-corrected chi connectivity index (χ4v) is 2.13. The van der Waals surface area contributed by atoms with Crippen molar-refractivity contribution in [3.63, 3.8) is 0 Å². The third-order valence-electron chi connectivity index (χ3n) is 3.09. The van der Waals surface area contributed by atoms with Crippen LogP contribution in [0.3, 0.4) is 0 Å². The average molecular weight is 296 g/mol. The van der Waals surface area contributed by atoms with Crippen molar-refractivity contribution in [3.05, 3.63) is 17.7 Å². The Hall–Kier alpha value is -1.95. The minimum Gasteiger partial charge on any atom is -0.493 e. The first kappa shape index (κ1) is 17.1. The number of hydrogen-bond donors (Lipinski definition) is 1. The van der Waals surface area contributed by atoms with E-state index >= 15 is 0 Å². The average Bonchev–Trinajstić information content (AvgIpc) is 2.52. The molecule has 6 nitrogen and oxygen atoms in total. The van der Waals surface area contributed by atoms with Gasteiger partial charge in [0.05, 0.1) is 21.3 Å². The van der Waals surface area contributed by atoms with E-state index in [1.54, 1.807) is 17.0 Å². The van der Waals surface area contributed by atoms with Gasteiger partial charge >= 0.3 is 0 Å². The van der Waals surface area contributed by atoms with Crippen LogP contribution in [0.15, 0.2) is 12.1 Å². The molecule has 0 aliphatic heterocycles. The van der Waals surface area contributed by atoms with Crippen molar-refractivity contribution in [2.75, 3.05) is 41.0 Å². The van der Waals surface area contributed by atoms with Crippen molar-refractivity contribution >= 4 is 5.91 Å². The van der Waals surface area contributed by atoms with Crippen LogP contribution in [0.5, 0.6) is 17.2 Å². The van der Waals surface area contributed by atoms with Crippen LogP contribution in [0.2, 0.25) is 0 Å². The van der Waals surface area contributed by atoms with Gasteiger partial charge in [0, 0.05) is 25.2 Å². The number of benzene rings is 1. The lowest BCUT2D eigenvalue weighted by atomic mass is 10.1. The van der Waals surface area contributed by atoms with Gasteiger partial charge in [0.1, 0.15) is 0 Å². The van der Waals surface area contributed by atoms with E-state index in [4.69, 9.17) is 19.9 Å². The monoisotopic (exact) mass is 296 g/mol. The summed E-state index contributed by atoms with van der Waals surface area (Å²) in [5, 5.41) is 0. The molecule has 2 N–H and O–H groups in total. The lowest BCUT2D eigenvalue weighted by Gasteiger charge is -2.22.